The van der Waals surface area contributed by atoms with Gasteiger partial charge in [0.25, 0.3) is 11.8 Å². The molecular formula is C25H23ClFN3O3. The fraction of sp³-hybridized carbons (Fsp3) is 0.200. The first-order chi connectivity index (χ1) is 16.0. The van der Waals surface area contributed by atoms with Gasteiger partial charge >= 0.3 is 0 Å². The monoisotopic (exact) mass is 467 g/mol. The number of amides is 2. The number of anilines is 2. The number of nitrogens with zero attached hydrogens (tertiary/aromatic N) is 2. The van der Waals surface area contributed by atoms with Gasteiger partial charge in [-0.3, -0.25) is 9.59 Å². The van der Waals surface area contributed by atoms with Gasteiger partial charge < -0.3 is 19.9 Å². The highest BCUT2D eigenvalue weighted by Crippen LogP contribution is 2.31. The smallest absolute Gasteiger partial charge is 0.256 e. The van der Waals surface area contributed by atoms with E-state index in [2.05, 4.69) is 10.2 Å². The van der Waals surface area contributed by atoms with E-state index in [4.69, 9.17) is 16.3 Å². The lowest BCUT2D eigenvalue weighted by Gasteiger charge is -2.37. The molecular weight excluding hydrogens is 445 g/mol. The molecule has 3 aromatic carbocycles. The lowest BCUT2D eigenvalue weighted by Crippen LogP contribution is -2.49. The predicted molar refractivity (Wildman–Crippen MR) is 127 cm³/mol. The zero-order valence-corrected chi connectivity index (χ0v) is 18.8. The Labute approximate surface area is 196 Å². The first-order valence-electron chi connectivity index (χ1n) is 10.5. The minimum Gasteiger partial charge on any atom is -0.497 e. The van der Waals surface area contributed by atoms with E-state index >= 15 is 0 Å². The normalized spacial score (nSPS) is 13.5. The summed E-state index contributed by atoms with van der Waals surface area (Å²) in [6.07, 6.45) is 0. The van der Waals surface area contributed by atoms with E-state index in [1.54, 1.807) is 60.5 Å². The van der Waals surface area contributed by atoms with E-state index in [1.165, 1.54) is 12.1 Å². The average molecular weight is 468 g/mol. The first kappa shape index (κ1) is 22.6. The van der Waals surface area contributed by atoms with Gasteiger partial charge in [0.15, 0.2) is 0 Å². The molecule has 0 saturated carbocycles. The molecule has 1 aliphatic heterocycles. The van der Waals surface area contributed by atoms with Gasteiger partial charge in [-0.2, -0.15) is 0 Å². The van der Waals surface area contributed by atoms with Crippen LogP contribution in [0.15, 0.2) is 66.7 Å². The van der Waals surface area contributed by atoms with Crippen LogP contribution in [-0.2, 0) is 0 Å². The number of ether oxygens (including phenoxy) is 1. The molecule has 170 valence electrons. The van der Waals surface area contributed by atoms with Gasteiger partial charge in [0, 0.05) is 36.8 Å². The summed E-state index contributed by atoms with van der Waals surface area (Å²) >= 11 is 6.20. The summed E-state index contributed by atoms with van der Waals surface area (Å²) in [4.78, 5) is 29.3. The van der Waals surface area contributed by atoms with Crippen LogP contribution in [0.3, 0.4) is 0 Å². The molecule has 1 heterocycles. The van der Waals surface area contributed by atoms with Gasteiger partial charge in [-0.15, -0.1) is 0 Å². The van der Waals surface area contributed by atoms with Crippen molar-refractivity contribution in [3.05, 3.63) is 88.7 Å². The zero-order chi connectivity index (χ0) is 23.4. The van der Waals surface area contributed by atoms with Crippen molar-refractivity contribution in [2.45, 2.75) is 0 Å². The van der Waals surface area contributed by atoms with Crippen LogP contribution >= 0.6 is 11.6 Å². The van der Waals surface area contributed by atoms with Crippen molar-refractivity contribution in [1.82, 2.24) is 4.90 Å². The minimum atomic E-state index is -0.523. The third-order valence-corrected chi connectivity index (χ3v) is 5.79. The number of benzene rings is 3. The molecule has 0 aromatic heterocycles. The van der Waals surface area contributed by atoms with Crippen molar-refractivity contribution >= 4 is 34.8 Å². The second-order valence-electron chi connectivity index (χ2n) is 7.61. The molecule has 6 nitrogen and oxygen atoms in total. The van der Waals surface area contributed by atoms with Gasteiger partial charge in [-0.25, -0.2) is 4.39 Å². The van der Waals surface area contributed by atoms with Crippen molar-refractivity contribution in [1.29, 1.82) is 0 Å². The molecule has 1 aliphatic rings. The molecule has 0 bridgehead atoms. The number of carbonyl (C=O) groups excluding carboxylic acids is 2. The molecule has 0 aliphatic carbocycles. The Bertz CT molecular complexity index is 1180. The number of rotatable bonds is 5. The highest BCUT2D eigenvalue weighted by Gasteiger charge is 2.25. The summed E-state index contributed by atoms with van der Waals surface area (Å²) in [6.45, 7) is 1.92. The summed E-state index contributed by atoms with van der Waals surface area (Å²) in [5, 5.41) is 3.43. The second-order valence-corrected chi connectivity index (χ2v) is 8.04. The Morgan fingerprint density at radius 2 is 1.73 bits per heavy atom. The molecule has 0 radical (unpaired) electrons. The molecule has 2 amide bonds. The van der Waals surface area contributed by atoms with E-state index in [0.717, 1.165) is 5.69 Å². The van der Waals surface area contributed by atoms with Crippen molar-refractivity contribution < 1.29 is 18.7 Å². The molecule has 0 spiro atoms. The van der Waals surface area contributed by atoms with E-state index in [1.807, 2.05) is 6.07 Å². The molecule has 1 saturated heterocycles. The fourth-order valence-corrected chi connectivity index (χ4v) is 3.97. The van der Waals surface area contributed by atoms with Gasteiger partial charge in [0.2, 0.25) is 0 Å². The minimum absolute atomic E-state index is 0.0729. The first-order valence-corrected chi connectivity index (χ1v) is 10.9. The molecule has 0 atom stereocenters. The number of piperazine rings is 1. The largest absolute Gasteiger partial charge is 0.497 e. The van der Waals surface area contributed by atoms with E-state index in [0.29, 0.717) is 48.2 Å². The molecule has 3 aromatic rings. The summed E-state index contributed by atoms with van der Waals surface area (Å²) in [5.41, 5.74) is 1.90. The Morgan fingerprint density at radius 1 is 0.970 bits per heavy atom. The van der Waals surface area contributed by atoms with E-state index < -0.39 is 5.82 Å². The number of hydrogen-bond acceptors (Lipinski definition) is 4. The predicted octanol–water partition coefficient (Wildman–Crippen LogP) is 4.70. The maximum atomic E-state index is 14.0. The van der Waals surface area contributed by atoms with Crippen molar-refractivity contribution in [3.63, 3.8) is 0 Å². The van der Waals surface area contributed by atoms with Crippen LogP contribution in [0.2, 0.25) is 5.02 Å². The SMILES string of the molecule is COc1cccc(C(=O)Nc2cc(Cl)ccc2N2CCN(C(=O)c3ccccc3F)CC2)c1. The zero-order valence-electron chi connectivity index (χ0n) is 18.1. The number of carbonyl (C=O) groups is 2. The Kier molecular flexibility index (Phi) is 6.79. The number of halogens is 2. The van der Waals surface area contributed by atoms with Crippen LogP contribution in [0, 0.1) is 5.82 Å². The summed E-state index contributed by atoms with van der Waals surface area (Å²) in [7, 11) is 1.54. The highest BCUT2D eigenvalue weighted by molar-refractivity contribution is 6.31. The molecule has 0 unspecified atom stereocenters. The van der Waals surface area contributed by atoms with Crippen LogP contribution in [0.1, 0.15) is 20.7 Å². The van der Waals surface area contributed by atoms with E-state index in [-0.39, 0.29) is 17.4 Å². The van der Waals surface area contributed by atoms with E-state index in [9.17, 15) is 14.0 Å². The van der Waals surface area contributed by atoms with Gasteiger partial charge in [-0.05, 0) is 48.5 Å². The quantitative estimate of drug-likeness (QED) is 0.590. The lowest BCUT2D eigenvalue weighted by molar-refractivity contribution is 0.0742. The van der Waals surface area contributed by atoms with Crippen LogP contribution in [0.5, 0.6) is 5.75 Å². The van der Waals surface area contributed by atoms with Crippen molar-refractivity contribution in [2.24, 2.45) is 0 Å². The number of hydrogen-bond donors (Lipinski definition) is 1. The van der Waals surface area contributed by atoms with Crippen LogP contribution < -0.4 is 15.0 Å². The maximum Gasteiger partial charge on any atom is 0.256 e. The molecule has 33 heavy (non-hydrogen) atoms. The Balaban J connectivity index is 1.48. The highest BCUT2D eigenvalue weighted by atomic mass is 35.5. The Morgan fingerprint density at radius 3 is 2.45 bits per heavy atom. The standard InChI is InChI=1S/C25H23ClFN3O3/c1-33-19-6-4-5-17(15-19)24(31)28-22-16-18(26)9-10-23(22)29-11-13-30(14-12-29)25(32)20-7-2-3-8-21(20)27/h2-10,15-16H,11-14H2,1H3,(H,28,31). The van der Waals surface area contributed by atoms with Gasteiger partial charge in [-0.1, -0.05) is 29.8 Å². The maximum absolute atomic E-state index is 14.0. The van der Waals surface area contributed by atoms with Gasteiger partial charge in [0.05, 0.1) is 24.0 Å². The summed E-state index contributed by atoms with van der Waals surface area (Å²) in [6, 6.07) is 18.2. The van der Waals surface area contributed by atoms with Crippen LogP contribution in [-0.4, -0.2) is 50.0 Å². The van der Waals surface area contributed by atoms with Crippen LogP contribution in [0.4, 0.5) is 15.8 Å². The van der Waals surface area contributed by atoms with Crippen molar-refractivity contribution in [3.8, 4) is 5.75 Å². The molecule has 1 N–H and O–H groups in total. The van der Waals surface area contributed by atoms with Crippen LogP contribution in [0.25, 0.3) is 0 Å². The van der Waals surface area contributed by atoms with Crippen molar-refractivity contribution in [2.75, 3.05) is 43.5 Å². The summed E-state index contributed by atoms with van der Waals surface area (Å²) in [5.74, 6) is -0.545. The molecule has 1 fully saturated rings. The fourth-order valence-electron chi connectivity index (χ4n) is 3.80. The topological polar surface area (TPSA) is 61.9 Å². The average Bonchev–Trinajstić information content (AvgIpc) is 2.84. The van der Waals surface area contributed by atoms with Gasteiger partial charge in [0.1, 0.15) is 11.6 Å². The molecule has 4 rings (SSSR count). The lowest BCUT2D eigenvalue weighted by atomic mass is 10.1. The number of nitrogens with one attached hydrogen (secondary N) is 1. The summed E-state index contributed by atoms with van der Waals surface area (Å²) < 4.78 is 19.2. The number of methoxy groups -OCH3 is 1. The second kappa shape index (κ2) is 9.92. The third kappa shape index (κ3) is 5.09. The third-order valence-electron chi connectivity index (χ3n) is 5.55. The Hall–Kier alpha value is -3.58. The molecule has 8 heteroatoms.